The van der Waals surface area contributed by atoms with E-state index < -0.39 is 0 Å². The molecule has 0 aromatic heterocycles. The molecule has 58 valence electrons. The summed E-state index contributed by atoms with van der Waals surface area (Å²) in [4.78, 5) is 0. The lowest BCUT2D eigenvalue weighted by molar-refractivity contribution is 0.462. The van der Waals surface area contributed by atoms with Gasteiger partial charge in [-0.3, -0.25) is 0 Å². The summed E-state index contributed by atoms with van der Waals surface area (Å²) >= 11 is 0. The van der Waals surface area contributed by atoms with Crippen molar-refractivity contribution in [3.05, 3.63) is 19.1 Å². The topological polar surface area (TPSA) is 0 Å². The van der Waals surface area contributed by atoms with Crippen molar-refractivity contribution in [3.8, 4) is 0 Å². The normalized spacial score (nSPS) is 13.7. The Morgan fingerprint density at radius 3 is 2.30 bits per heavy atom. The molecule has 0 heterocycles. The summed E-state index contributed by atoms with van der Waals surface area (Å²) < 4.78 is 0. The van der Waals surface area contributed by atoms with Crippen LogP contribution >= 0.6 is 0 Å². The Labute approximate surface area is 65.3 Å². The fraction of sp³-hybridized carbons (Fsp3) is 0.700. The van der Waals surface area contributed by atoms with Crippen molar-refractivity contribution in [1.82, 2.24) is 0 Å². The Morgan fingerprint density at radius 1 is 1.50 bits per heavy atom. The zero-order valence-electron chi connectivity index (χ0n) is 7.35. The van der Waals surface area contributed by atoms with Gasteiger partial charge >= 0.3 is 0 Å². The van der Waals surface area contributed by atoms with Crippen LogP contribution in [-0.2, 0) is 0 Å². The summed E-state index contributed by atoms with van der Waals surface area (Å²) in [6.07, 6.45) is 2.22. The number of hydrogen-bond acceptors (Lipinski definition) is 0. The molecule has 0 aliphatic heterocycles. The molecule has 0 nitrogen and oxygen atoms in total. The van der Waals surface area contributed by atoms with Crippen molar-refractivity contribution in [1.29, 1.82) is 0 Å². The minimum Gasteiger partial charge on any atom is -0.100 e. The molecular formula is C10H18. The Balaban J connectivity index is 3.43. The first-order valence-electron chi connectivity index (χ1n) is 3.92. The quantitative estimate of drug-likeness (QED) is 0.523. The third-order valence-electron chi connectivity index (χ3n) is 1.47. The predicted molar refractivity (Wildman–Crippen MR) is 46.7 cm³/mol. The van der Waals surface area contributed by atoms with Gasteiger partial charge in [-0.15, -0.1) is 6.58 Å². The summed E-state index contributed by atoms with van der Waals surface area (Å²) in [5, 5.41) is 0. The minimum absolute atomic E-state index is 0.328. The van der Waals surface area contributed by atoms with E-state index in [2.05, 4.69) is 27.4 Å². The minimum atomic E-state index is 0.328. The van der Waals surface area contributed by atoms with Gasteiger partial charge in [-0.2, -0.15) is 0 Å². The maximum absolute atomic E-state index is 5.64. The highest BCUT2D eigenvalue weighted by atomic mass is 14.1. The van der Waals surface area contributed by atoms with Crippen LogP contribution in [0.3, 0.4) is 0 Å². The van der Waals surface area contributed by atoms with Gasteiger partial charge in [0, 0.05) is 0 Å². The van der Waals surface area contributed by atoms with E-state index in [4.69, 9.17) is 6.92 Å². The van der Waals surface area contributed by atoms with Crippen molar-refractivity contribution >= 4 is 0 Å². The molecule has 2 radical (unpaired) electrons. The molecule has 0 saturated heterocycles. The molecule has 0 aromatic carbocycles. The van der Waals surface area contributed by atoms with E-state index in [9.17, 15) is 0 Å². The second kappa shape index (κ2) is 4.54. The molecule has 0 rings (SSSR count). The van der Waals surface area contributed by atoms with Crippen molar-refractivity contribution in [3.63, 3.8) is 0 Å². The fourth-order valence-electron chi connectivity index (χ4n) is 1.31. The summed E-state index contributed by atoms with van der Waals surface area (Å²) in [6, 6.07) is 0. The van der Waals surface area contributed by atoms with Gasteiger partial charge in [0.05, 0.1) is 0 Å². The fourth-order valence-corrected chi connectivity index (χ4v) is 1.31. The third kappa shape index (κ3) is 5.87. The number of allylic oxidation sites excluding steroid dienone is 1. The van der Waals surface area contributed by atoms with Crippen LogP contribution in [0, 0.1) is 18.8 Å². The average Bonchev–Trinajstić information content (AvgIpc) is 1.58. The molecule has 0 aliphatic rings. The lowest BCUT2D eigenvalue weighted by atomic mass is 9.94. The van der Waals surface area contributed by atoms with Crippen LogP contribution in [0.4, 0.5) is 0 Å². The zero-order valence-corrected chi connectivity index (χ0v) is 7.35. The molecular weight excluding hydrogens is 120 g/mol. The van der Waals surface area contributed by atoms with Gasteiger partial charge in [0.15, 0.2) is 0 Å². The van der Waals surface area contributed by atoms with Crippen LogP contribution in [0.2, 0.25) is 0 Å². The Morgan fingerprint density at radius 2 is 2.00 bits per heavy atom. The Kier molecular flexibility index (Phi) is 4.42. The molecule has 2 unspecified atom stereocenters. The first-order chi connectivity index (χ1) is 4.52. The molecule has 0 spiro atoms. The van der Waals surface area contributed by atoms with Crippen LogP contribution in [0.1, 0.15) is 33.6 Å². The van der Waals surface area contributed by atoms with Crippen LogP contribution in [0.15, 0.2) is 12.2 Å². The third-order valence-corrected chi connectivity index (χ3v) is 1.47. The molecule has 0 amide bonds. The smallest absolute Gasteiger partial charge is 0.0300 e. The molecule has 0 N–H and O–H groups in total. The van der Waals surface area contributed by atoms with Gasteiger partial charge in [-0.25, -0.2) is 0 Å². The van der Waals surface area contributed by atoms with E-state index in [1.54, 1.807) is 0 Å². The summed E-state index contributed by atoms with van der Waals surface area (Å²) in [5.41, 5.74) is 1.26. The first kappa shape index (κ1) is 9.74. The molecule has 0 bridgehead atoms. The van der Waals surface area contributed by atoms with E-state index in [1.807, 2.05) is 0 Å². The van der Waals surface area contributed by atoms with Gasteiger partial charge in [0.1, 0.15) is 0 Å². The highest BCUT2D eigenvalue weighted by Crippen LogP contribution is 2.17. The van der Waals surface area contributed by atoms with E-state index >= 15 is 0 Å². The zero-order chi connectivity index (χ0) is 8.15. The van der Waals surface area contributed by atoms with Crippen molar-refractivity contribution in [2.45, 2.75) is 33.6 Å². The van der Waals surface area contributed by atoms with Crippen LogP contribution in [0.25, 0.3) is 0 Å². The molecule has 0 heteroatoms. The van der Waals surface area contributed by atoms with E-state index in [0.717, 1.165) is 12.8 Å². The highest BCUT2D eigenvalue weighted by Gasteiger charge is 2.04. The Hall–Kier alpha value is -0.260. The van der Waals surface area contributed by atoms with Gasteiger partial charge < -0.3 is 0 Å². The van der Waals surface area contributed by atoms with Crippen LogP contribution in [0.5, 0.6) is 0 Å². The molecule has 0 saturated carbocycles. The van der Waals surface area contributed by atoms with Gasteiger partial charge in [0.2, 0.25) is 0 Å². The number of rotatable bonds is 4. The summed E-state index contributed by atoms with van der Waals surface area (Å²) in [5.74, 6) is 1.02. The lowest BCUT2D eigenvalue weighted by Crippen LogP contribution is -2.00. The maximum atomic E-state index is 5.64. The SMILES string of the molecule is [CH]C(C)CC(C)CC(=C)C. The van der Waals surface area contributed by atoms with E-state index in [0.29, 0.717) is 11.8 Å². The molecule has 10 heavy (non-hydrogen) atoms. The monoisotopic (exact) mass is 138 g/mol. The second-order valence-corrected chi connectivity index (χ2v) is 3.48. The molecule has 0 fully saturated rings. The van der Waals surface area contributed by atoms with Crippen molar-refractivity contribution in [2.75, 3.05) is 0 Å². The van der Waals surface area contributed by atoms with Crippen molar-refractivity contribution in [2.24, 2.45) is 11.8 Å². The summed E-state index contributed by atoms with van der Waals surface area (Å²) in [6.45, 7) is 15.8. The van der Waals surface area contributed by atoms with E-state index in [1.165, 1.54) is 5.57 Å². The predicted octanol–water partition coefficient (Wildman–Crippen LogP) is 3.33. The molecule has 2 atom stereocenters. The summed E-state index contributed by atoms with van der Waals surface area (Å²) in [7, 11) is 0. The molecule has 0 aromatic rings. The average molecular weight is 138 g/mol. The van der Waals surface area contributed by atoms with E-state index in [-0.39, 0.29) is 0 Å². The number of hydrogen-bond donors (Lipinski definition) is 0. The van der Waals surface area contributed by atoms with Crippen LogP contribution in [-0.4, -0.2) is 0 Å². The van der Waals surface area contributed by atoms with Gasteiger partial charge in [-0.1, -0.05) is 19.4 Å². The van der Waals surface area contributed by atoms with Gasteiger partial charge in [-0.05, 0) is 38.5 Å². The second-order valence-electron chi connectivity index (χ2n) is 3.48. The standard InChI is InChI=1S/C10H18/c1-8(2)6-10(5)7-9(3)4/h1,8,10H,3,6-7H2,2,4-5H3. The van der Waals surface area contributed by atoms with Crippen molar-refractivity contribution < 1.29 is 0 Å². The first-order valence-corrected chi connectivity index (χ1v) is 3.92. The largest absolute Gasteiger partial charge is 0.100 e. The highest BCUT2D eigenvalue weighted by molar-refractivity contribution is 4.89. The van der Waals surface area contributed by atoms with Gasteiger partial charge in [0.25, 0.3) is 0 Å². The lowest BCUT2D eigenvalue weighted by Gasteiger charge is -2.12. The molecule has 0 aliphatic carbocycles. The maximum Gasteiger partial charge on any atom is -0.0300 e. The van der Waals surface area contributed by atoms with Crippen LogP contribution < -0.4 is 0 Å². The Bertz CT molecular complexity index is 101.